The first kappa shape index (κ1) is 18.1. The molecule has 3 aromatic rings. The van der Waals surface area contributed by atoms with Gasteiger partial charge in [0.2, 0.25) is 0 Å². The van der Waals surface area contributed by atoms with Crippen LogP contribution in [0.2, 0.25) is 0 Å². The van der Waals surface area contributed by atoms with Crippen molar-refractivity contribution in [1.29, 1.82) is 0 Å². The first-order valence-electron chi connectivity index (χ1n) is 9.41. The first-order valence-corrected chi connectivity index (χ1v) is 9.41. The van der Waals surface area contributed by atoms with E-state index in [1.165, 1.54) is 0 Å². The van der Waals surface area contributed by atoms with Gasteiger partial charge in [0.25, 0.3) is 5.91 Å². The molecular formula is C22H23N2O4+. The second-order valence-electron chi connectivity index (χ2n) is 6.60. The zero-order valence-electron chi connectivity index (χ0n) is 15.5. The fourth-order valence-electron chi connectivity index (χ4n) is 3.22. The Balaban J connectivity index is 1.41. The number of rotatable bonds is 6. The van der Waals surface area contributed by atoms with Crippen molar-refractivity contribution < 1.29 is 24.0 Å². The quantitative estimate of drug-likeness (QED) is 0.690. The normalized spacial score (nSPS) is 14.1. The van der Waals surface area contributed by atoms with E-state index in [-0.39, 0.29) is 18.5 Å². The predicted molar refractivity (Wildman–Crippen MR) is 104 cm³/mol. The molecule has 0 spiro atoms. The number of furan rings is 1. The zero-order chi connectivity index (χ0) is 19.2. The number of nitrogens with one attached hydrogen (secondary N) is 1. The van der Waals surface area contributed by atoms with Crippen molar-refractivity contribution in [2.45, 2.75) is 12.5 Å². The van der Waals surface area contributed by atoms with Gasteiger partial charge in [0.05, 0.1) is 19.5 Å². The van der Waals surface area contributed by atoms with Crippen molar-refractivity contribution in [1.82, 2.24) is 0 Å². The van der Waals surface area contributed by atoms with E-state index in [1.54, 1.807) is 12.3 Å². The Hall–Kier alpha value is -3.25. The smallest absolute Gasteiger partial charge is 0.279 e. The summed E-state index contributed by atoms with van der Waals surface area (Å²) in [5.41, 5.74) is 1.78. The number of nitrogens with two attached hydrogens (primary N) is 1. The van der Waals surface area contributed by atoms with Gasteiger partial charge >= 0.3 is 0 Å². The summed E-state index contributed by atoms with van der Waals surface area (Å²) in [6, 6.07) is 19.2. The zero-order valence-corrected chi connectivity index (χ0v) is 15.5. The highest BCUT2D eigenvalue weighted by Crippen LogP contribution is 2.32. The van der Waals surface area contributed by atoms with E-state index in [4.69, 9.17) is 13.9 Å². The molecule has 2 heterocycles. The van der Waals surface area contributed by atoms with E-state index in [0.717, 1.165) is 17.7 Å². The molecule has 6 heteroatoms. The number of amides is 1. The van der Waals surface area contributed by atoms with Crippen LogP contribution in [0.3, 0.4) is 0 Å². The third kappa shape index (κ3) is 4.35. The topological polar surface area (TPSA) is 77.3 Å². The fourth-order valence-corrected chi connectivity index (χ4v) is 3.22. The lowest BCUT2D eigenvalue weighted by Gasteiger charge is -2.14. The number of benzene rings is 2. The van der Waals surface area contributed by atoms with E-state index in [2.05, 4.69) is 5.32 Å². The second-order valence-corrected chi connectivity index (χ2v) is 6.60. The van der Waals surface area contributed by atoms with Crippen LogP contribution < -0.4 is 20.1 Å². The maximum atomic E-state index is 12.5. The molecule has 0 unspecified atom stereocenters. The molecule has 6 nitrogen and oxygen atoms in total. The number of quaternary nitrogens is 1. The molecule has 144 valence electrons. The molecule has 1 aliphatic rings. The average Bonchev–Trinajstić information content (AvgIpc) is 3.14. The second kappa shape index (κ2) is 8.63. The van der Waals surface area contributed by atoms with Gasteiger partial charge in [0, 0.05) is 23.7 Å². The van der Waals surface area contributed by atoms with E-state index in [1.807, 2.05) is 59.9 Å². The third-order valence-electron chi connectivity index (χ3n) is 4.58. The van der Waals surface area contributed by atoms with Gasteiger partial charge in [-0.05, 0) is 24.3 Å². The van der Waals surface area contributed by atoms with E-state index in [9.17, 15) is 4.79 Å². The third-order valence-corrected chi connectivity index (χ3v) is 4.58. The monoisotopic (exact) mass is 379 g/mol. The van der Waals surface area contributed by atoms with Crippen molar-refractivity contribution in [3.63, 3.8) is 0 Å². The van der Waals surface area contributed by atoms with Crippen LogP contribution in [0.5, 0.6) is 11.5 Å². The van der Waals surface area contributed by atoms with Crippen LogP contribution in [0.15, 0.2) is 71.3 Å². The minimum absolute atomic E-state index is 0.0780. The van der Waals surface area contributed by atoms with Crippen molar-refractivity contribution in [2.75, 3.05) is 25.1 Å². The number of fused-ring (bicyclic) bond motifs is 1. The number of hydrogen-bond donors (Lipinski definition) is 2. The highest BCUT2D eigenvalue weighted by atomic mass is 16.5. The molecule has 0 fully saturated rings. The first-order chi connectivity index (χ1) is 13.8. The van der Waals surface area contributed by atoms with Crippen molar-refractivity contribution >= 4 is 11.6 Å². The van der Waals surface area contributed by atoms with Crippen molar-refractivity contribution in [3.05, 3.63) is 78.3 Å². The highest BCUT2D eigenvalue weighted by Gasteiger charge is 2.21. The van der Waals surface area contributed by atoms with Crippen LogP contribution in [0.4, 0.5) is 5.69 Å². The molecule has 1 aromatic heterocycles. The largest absolute Gasteiger partial charge is 0.490 e. The Morgan fingerprint density at radius 1 is 1.00 bits per heavy atom. The molecular weight excluding hydrogens is 356 g/mol. The SMILES string of the molecule is O=C(C[NH2+][C@@H](c1ccccc1)c1ccco1)Nc1ccc2c(c1)OCCCO2. The number of hydrogen-bond acceptors (Lipinski definition) is 4. The standard InChI is InChI=1S/C22H22N2O4/c25-21(24-17-9-10-18-20(14-17)28-13-5-12-26-18)15-23-22(19-8-4-11-27-19)16-6-2-1-3-7-16/h1-4,6-11,14,22-23H,5,12-13,15H2,(H,24,25)/p+1/t22-/m0/s1. The summed E-state index contributed by atoms with van der Waals surface area (Å²) in [7, 11) is 0. The molecule has 4 rings (SSSR count). The summed E-state index contributed by atoms with van der Waals surface area (Å²) < 4.78 is 16.9. The summed E-state index contributed by atoms with van der Waals surface area (Å²) >= 11 is 0. The molecule has 1 atom stereocenters. The molecule has 0 radical (unpaired) electrons. The Bertz CT molecular complexity index is 910. The van der Waals surface area contributed by atoms with Gasteiger partial charge in [0.1, 0.15) is 0 Å². The summed E-state index contributed by atoms with van der Waals surface area (Å²) in [5.74, 6) is 2.10. The maximum absolute atomic E-state index is 12.5. The molecule has 1 aliphatic heterocycles. The molecule has 1 amide bonds. The highest BCUT2D eigenvalue weighted by molar-refractivity contribution is 5.91. The molecule has 0 aliphatic carbocycles. The van der Waals surface area contributed by atoms with Crippen LogP contribution in [0.1, 0.15) is 23.8 Å². The van der Waals surface area contributed by atoms with Gasteiger partial charge in [0.15, 0.2) is 29.8 Å². The van der Waals surface area contributed by atoms with E-state index >= 15 is 0 Å². The van der Waals surface area contributed by atoms with Crippen LogP contribution in [-0.4, -0.2) is 25.7 Å². The summed E-state index contributed by atoms with van der Waals surface area (Å²) in [6.07, 6.45) is 2.50. The van der Waals surface area contributed by atoms with Gasteiger partial charge in [-0.1, -0.05) is 30.3 Å². The molecule has 2 aromatic carbocycles. The summed E-state index contributed by atoms with van der Waals surface area (Å²) in [4.78, 5) is 12.5. The molecule has 28 heavy (non-hydrogen) atoms. The minimum atomic E-state index is -0.0954. The van der Waals surface area contributed by atoms with Crippen LogP contribution >= 0.6 is 0 Å². The Morgan fingerprint density at radius 2 is 1.82 bits per heavy atom. The summed E-state index contributed by atoms with van der Waals surface area (Å²) in [5, 5.41) is 4.89. The lowest BCUT2D eigenvalue weighted by molar-refractivity contribution is -0.678. The lowest BCUT2D eigenvalue weighted by atomic mass is 10.0. The van der Waals surface area contributed by atoms with Crippen LogP contribution in [0.25, 0.3) is 0 Å². The Morgan fingerprint density at radius 3 is 2.61 bits per heavy atom. The van der Waals surface area contributed by atoms with Crippen molar-refractivity contribution in [2.24, 2.45) is 0 Å². The Labute approximate surface area is 163 Å². The molecule has 0 bridgehead atoms. The fraction of sp³-hybridized carbons (Fsp3) is 0.227. The van der Waals surface area contributed by atoms with Gasteiger partial charge in [-0.2, -0.15) is 0 Å². The number of anilines is 1. The van der Waals surface area contributed by atoms with Crippen LogP contribution in [-0.2, 0) is 4.79 Å². The number of carbonyl (C=O) groups excluding carboxylic acids is 1. The van der Waals surface area contributed by atoms with Gasteiger partial charge < -0.3 is 24.5 Å². The maximum Gasteiger partial charge on any atom is 0.279 e. The van der Waals surface area contributed by atoms with Crippen LogP contribution in [0, 0.1) is 0 Å². The summed E-state index contributed by atoms with van der Waals surface area (Å²) in [6.45, 7) is 1.51. The minimum Gasteiger partial charge on any atom is -0.490 e. The van der Waals surface area contributed by atoms with E-state index < -0.39 is 0 Å². The number of ether oxygens (including phenoxy) is 2. The van der Waals surface area contributed by atoms with Gasteiger partial charge in [-0.15, -0.1) is 0 Å². The van der Waals surface area contributed by atoms with E-state index in [0.29, 0.717) is 30.4 Å². The predicted octanol–water partition coefficient (Wildman–Crippen LogP) is 2.73. The number of carbonyl (C=O) groups is 1. The average molecular weight is 379 g/mol. The van der Waals surface area contributed by atoms with Gasteiger partial charge in [-0.3, -0.25) is 4.79 Å². The molecule has 0 saturated carbocycles. The van der Waals surface area contributed by atoms with Gasteiger partial charge in [-0.25, -0.2) is 0 Å². The molecule has 0 saturated heterocycles. The Kier molecular flexibility index (Phi) is 5.58. The van der Waals surface area contributed by atoms with Crippen molar-refractivity contribution in [3.8, 4) is 11.5 Å². The molecule has 3 N–H and O–H groups in total. The lowest BCUT2D eigenvalue weighted by Crippen LogP contribution is -2.87.